The molecule has 2 aromatic rings. The molecule has 23 heavy (non-hydrogen) atoms. The van der Waals surface area contributed by atoms with Gasteiger partial charge in [0, 0.05) is 18.8 Å². The second kappa shape index (κ2) is 6.92. The summed E-state index contributed by atoms with van der Waals surface area (Å²) in [4.78, 5) is 4.48. The first-order valence-corrected chi connectivity index (χ1v) is 7.85. The Kier molecular flexibility index (Phi) is 5.87. The van der Waals surface area contributed by atoms with Gasteiger partial charge in [-0.3, -0.25) is 4.98 Å². The van der Waals surface area contributed by atoms with E-state index >= 15 is 0 Å². The van der Waals surface area contributed by atoms with Crippen LogP contribution in [0.4, 0.5) is 0 Å². The van der Waals surface area contributed by atoms with Crippen LogP contribution < -0.4 is 0 Å². The summed E-state index contributed by atoms with van der Waals surface area (Å²) in [5, 5.41) is 10.1. The third kappa shape index (κ3) is 4.48. The average molecular weight is 334 g/mol. The molecule has 0 aliphatic carbocycles. The highest BCUT2D eigenvalue weighted by atomic mass is 35.5. The van der Waals surface area contributed by atoms with Crippen molar-refractivity contribution in [3.8, 4) is 5.75 Å². The minimum absolute atomic E-state index is 0. The Labute approximate surface area is 146 Å². The number of para-hydroxylation sites is 1. The molecule has 0 aliphatic rings. The quantitative estimate of drug-likeness (QED) is 0.798. The number of benzene rings is 1. The fourth-order valence-electron chi connectivity index (χ4n) is 2.82. The molecule has 1 heterocycles. The molecule has 0 saturated carbocycles. The zero-order chi connectivity index (χ0) is 16.5. The third-order valence-corrected chi connectivity index (χ3v) is 4.03. The van der Waals surface area contributed by atoms with Crippen molar-refractivity contribution in [3.63, 3.8) is 0 Å². The summed E-state index contributed by atoms with van der Waals surface area (Å²) in [6.45, 7) is 13.3. The van der Waals surface area contributed by atoms with Gasteiger partial charge in [-0.25, -0.2) is 0 Å². The van der Waals surface area contributed by atoms with Crippen LogP contribution in [0.15, 0.2) is 36.7 Å². The van der Waals surface area contributed by atoms with Crippen LogP contribution in [0.1, 0.15) is 63.8 Å². The fourth-order valence-corrected chi connectivity index (χ4v) is 2.82. The lowest BCUT2D eigenvalue weighted by molar-refractivity contribution is 0.468. The number of phenols is 1. The van der Waals surface area contributed by atoms with Crippen molar-refractivity contribution >= 4 is 12.4 Å². The molecule has 0 saturated heterocycles. The van der Waals surface area contributed by atoms with Gasteiger partial charge in [-0.1, -0.05) is 59.7 Å². The molecule has 0 radical (unpaired) electrons. The van der Waals surface area contributed by atoms with E-state index in [1.807, 2.05) is 30.6 Å². The zero-order valence-corrected chi connectivity index (χ0v) is 15.8. The van der Waals surface area contributed by atoms with Crippen LogP contribution in [-0.2, 0) is 17.3 Å². The molecule has 126 valence electrons. The Hall–Kier alpha value is -1.54. The van der Waals surface area contributed by atoms with Gasteiger partial charge in [-0.2, -0.15) is 0 Å². The molecule has 0 fully saturated rings. The lowest BCUT2D eigenvalue weighted by Crippen LogP contribution is -2.22. The van der Waals surface area contributed by atoms with Crippen LogP contribution in [-0.4, -0.2) is 10.1 Å². The van der Waals surface area contributed by atoms with Gasteiger partial charge < -0.3 is 5.11 Å². The zero-order valence-electron chi connectivity index (χ0n) is 15.0. The Morgan fingerprint density at radius 3 is 1.78 bits per heavy atom. The van der Waals surface area contributed by atoms with Crippen LogP contribution in [0.25, 0.3) is 0 Å². The highest BCUT2D eigenvalue weighted by Gasteiger charge is 2.26. The van der Waals surface area contributed by atoms with Crippen molar-refractivity contribution in [1.82, 2.24) is 4.98 Å². The highest BCUT2D eigenvalue weighted by molar-refractivity contribution is 5.85. The second-order valence-electron chi connectivity index (χ2n) is 8.02. The predicted octanol–water partition coefficient (Wildman–Crippen LogP) is 5.39. The van der Waals surface area contributed by atoms with Crippen LogP contribution in [0, 0.1) is 0 Å². The molecule has 0 amide bonds. The van der Waals surface area contributed by atoms with Gasteiger partial charge in [0.25, 0.3) is 0 Å². The van der Waals surface area contributed by atoms with Gasteiger partial charge in [0.2, 0.25) is 0 Å². The fraction of sp³-hybridized carbons (Fsp3) is 0.450. The maximum atomic E-state index is 10.1. The monoisotopic (exact) mass is 333 g/mol. The number of halogens is 1. The summed E-state index contributed by atoms with van der Waals surface area (Å²) in [5.74, 6) is 0.360. The van der Waals surface area contributed by atoms with E-state index in [0.29, 0.717) is 5.75 Å². The standard InChI is InChI=1S/C20H27NO.ClH/c1-19(2,3)16-12-21-13-17(20(4,5)6)15(16)11-14-9-7-8-10-18(14)22;/h7-10,12-13,22H,11H2,1-6H3;1H. The highest BCUT2D eigenvalue weighted by Crippen LogP contribution is 2.35. The second-order valence-corrected chi connectivity index (χ2v) is 8.02. The van der Waals surface area contributed by atoms with Crippen molar-refractivity contribution in [1.29, 1.82) is 0 Å². The van der Waals surface area contributed by atoms with Gasteiger partial charge >= 0.3 is 0 Å². The molecule has 0 spiro atoms. The van der Waals surface area contributed by atoms with E-state index in [1.54, 1.807) is 6.07 Å². The molecule has 2 nitrogen and oxygen atoms in total. The van der Waals surface area contributed by atoms with E-state index in [0.717, 1.165) is 12.0 Å². The molecule has 1 aromatic carbocycles. The smallest absolute Gasteiger partial charge is 0.119 e. The van der Waals surface area contributed by atoms with Crippen molar-refractivity contribution in [2.75, 3.05) is 0 Å². The van der Waals surface area contributed by atoms with Crippen molar-refractivity contribution < 1.29 is 5.11 Å². The molecule has 2 rings (SSSR count). The number of pyridine rings is 1. The predicted molar refractivity (Wildman–Crippen MR) is 99.8 cm³/mol. The van der Waals surface area contributed by atoms with Crippen molar-refractivity contribution in [2.24, 2.45) is 0 Å². The number of aromatic hydroxyl groups is 1. The number of phenolic OH excluding ortho intramolecular Hbond substituents is 1. The molecule has 1 aromatic heterocycles. The first-order valence-electron chi connectivity index (χ1n) is 7.85. The average Bonchev–Trinajstić information content (AvgIpc) is 2.39. The van der Waals surface area contributed by atoms with Crippen LogP contribution in [0.2, 0.25) is 0 Å². The first-order chi connectivity index (χ1) is 10.1. The number of hydrogen-bond donors (Lipinski definition) is 1. The largest absolute Gasteiger partial charge is 0.508 e. The minimum Gasteiger partial charge on any atom is -0.508 e. The Morgan fingerprint density at radius 2 is 1.35 bits per heavy atom. The third-order valence-electron chi connectivity index (χ3n) is 4.03. The maximum absolute atomic E-state index is 10.1. The topological polar surface area (TPSA) is 33.1 Å². The first kappa shape index (κ1) is 19.5. The van der Waals surface area contributed by atoms with Crippen molar-refractivity contribution in [2.45, 2.75) is 58.8 Å². The number of hydrogen-bond acceptors (Lipinski definition) is 2. The van der Waals surface area contributed by atoms with E-state index < -0.39 is 0 Å². The maximum Gasteiger partial charge on any atom is 0.119 e. The Balaban J connectivity index is 0.00000264. The van der Waals surface area contributed by atoms with E-state index in [4.69, 9.17) is 0 Å². The summed E-state index contributed by atoms with van der Waals surface area (Å²) < 4.78 is 0. The van der Waals surface area contributed by atoms with E-state index in [2.05, 4.69) is 46.5 Å². The number of rotatable bonds is 2. The van der Waals surface area contributed by atoms with Gasteiger partial charge in [-0.05, 0) is 39.2 Å². The molecule has 0 atom stereocenters. The van der Waals surface area contributed by atoms with Gasteiger partial charge in [0.1, 0.15) is 5.75 Å². The lowest BCUT2D eigenvalue weighted by Gasteiger charge is -2.29. The van der Waals surface area contributed by atoms with Gasteiger partial charge in [0.05, 0.1) is 0 Å². The summed E-state index contributed by atoms with van der Waals surface area (Å²) in [6.07, 6.45) is 4.68. The summed E-state index contributed by atoms with van der Waals surface area (Å²) in [5.41, 5.74) is 4.80. The molecular formula is C20H28ClNO. The molecule has 0 aliphatic heterocycles. The summed E-state index contributed by atoms with van der Waals surface area (Å²) in [6, 6.07) is 7.59. The van der Waals surface area contributed by atoms with Crippen LogP contribution in [0.5, 0.6) is 5.75 Å². The Morgan fingerprint density at radius 1 is 0.870 bits per heavy atom. The van der Waals surface area contributed by atoms with Crippen LogP contribution >= 0.6 is 12.4 Å². The van der Waals surface area contributed by atoms with Gasteiger partial charge in [-0.15, -0.1) is 12.4 Å². The van der Waals surface area contributed by atoms with Gasteiger partial charge in [0.15, 0.2) is 0 Å². The lowest BCUT2D eigenvalue weighted by atomic mass is 9.76. The van der Waals surface area contributed by atoms with E-state index in [-0.39, 0.29) is 23.2 Å². The normalized spacial score (nSPS) is 11.9. The van der Waals surface area contributed by atoms with Crippen LogP contribution in [0.3, 0.4) is 0 Å². The van der Waals surface area contributed by atoms with E-state index in [1.165, 1.54) is 16.7 Å². The SMILES string of the molecule is CC(C)(C)c1cncc(C(C)(C)C)c1Cc1ccccc1O.Cl. The summed E-state index contributed by atoms with van der Waals surface area (Å²) in [7, 11) is 0. The van der Waals surface area contributed by atoms with E-state index in [9.17, 15) is 5.11 Å². The minimum atomic E-state index is 0. The molecule has 1 N–H and O–H groups in total. The number of aromatic nitrogens is 1. The van der Waals surface area contributed by atoms with Crippen molar-refractivity contribution in [3.05, 3.63) is 58.9 Å². The molecule has 0 bridgehead atoms. The Bertz CT molecular complexity index is 634. The molecular weight excluding hydrogens is 306 g/mol. The number of nitrogens with zero attached hydrogens (tertiary/aromatic N) is 1. The summed E-state index contributed by atoms with van der Waals surface area (Å²) >= 11 is 0. The molecule has 3 heteroatoms. The molecule has 0 unspecified atom stereocenters.